The third-order valence-corrected chi connectivity index (χ3v) is 3.86. The molecule has 1 spiro atoms. The van der Waals surface area contributed by atoms with Crippen LogP contribution in [0.15, 0.2) is 0 Å². The molecule has 1 saturated carbocycles. The normalized spacial score (nSPS) is 33.6. The van der Waals surface area contributed by atoms with E-state index in [4.69, 9.17) is 9.47 Å². The fourth-order valence-corrected chi connectivity index (χ4v) is 2.62. The summed E-state index contributed by atoms with van der Waals surface area (Å²) in [5.41, 5.74) is 0. The van der Waals surface area contributed by atoms with Gasteiger partial charge in [0.1, 0.15) is 6.10 Å². The maximum absolute atomic E-state index is 11.9. The number of rotatable bonds is 4. The van der Waals surface area contributed by atoms with Crippen molar-refractivity contribution in [2.24, 2.45) is 5.92 Å². The van der Waals surface area contributed by atoms with Gasteiger partial charge in [0.25, 0.3) is 6.43 Å². The zero-order valence-electron chi connectivity index (χ0n) is 11.7. The lowest BCUT2D eigenvalue weighted by Gasteiger charge is -2.34. The fourth-order valence-electron chi connectivity index (χ4n) is 2.62. The predicted molar refractivity (Wildman–Crippen MR) is 68.6 cm³/mol. The Balaban J connectivity index is 1.67. The number of alkyl halides is 2. The number of hydrogen-bond acceptors (Lipinski definition) is 3. The highest BCUT2D eigenvalue weighted by molar-refractivity contribution is 5.73. The van der Waals surface area contributed by atoms with E-state index in [1.807, 2.05) is 0 Å². The highest BCUT2D eigenvalue weighted by Gasteiger charge is 2.43. The average Bonchev–Trinajstić information content (AvgIpc) is 2.81. The summed E-state index contributed by atoms with van der Waals surface area (Å²) in [7, 11) is 0. The van der Waals surface area contributed by atoms with E-state index in [0.717, 1.165) is 25.7 Å². The first-order chi connectivity index (χ1) is 9.49. The molecule has 1 saturated heterocycles. The Morgan fingerprint density at radius 3 is 2.70 bits per heavy atom. The minimum atomic E-state index is -2.54. The molecule has 0 radical (unpaired) electrons. The molecule has 0 aromatic heterocycles. The molecule has 2 fully saturated rings. The summed E-state index contributed by atoms with van der Waals surface area (Å²) < 4.78 is 35.5. The monoisotopic (exact) mass is 292 g/mol. The highest BCUT2D eigenvalue weighted by Crippen LogP contribution is 2.39. The first-order valence-corrected chi connectivity index (χ1v) is 7.11. The second kappa shape index (κ2) is 6.67. The molecule has 2 aliphatic rings. The third kappa shape index (κ3) is 4.28. The number of carbonyl (C=O) groups is 1. The van der Waals surface area contributed by atoms with Gasteiger partial charge in [0.15, 0.2) is 5.79 Å². The van der Waals surface area contributed by atoms with Gasteiger partial charge in [-0.05, 0) is 18.8 Å². The van der Waals surface area contributed by atoms with Crippen molar-refractivity contribution >= 4 is 6.03 Å². The topological polar surface area (TPSA) is 59.6 Å². The SMILES string of the molecule is CC1CCC2(CC1)OC[C@@H](CNC(=O)NCC(F)F)O2. The van der Waals surface area contributed by atoms with Crippen LogP contribution in [-0.4, -0.2) is 44.0 Å². The minimum absolute atomic E-state index is 0.208. The Kier molecular flexibility index (Phi) is 5.15. The molecule has 2 amide bonds. The summed E-state index contributed by atoms with van der Waals surface area (Å²) >= 11 is 0. The van der Waals surface area contributed by atoms with Gasteiger partial charge >= 0.3 is 6.03 Å². The zero-order chi connectivity index (χ0) is 14.6. The standard InChI is InChI=1S/C13H22F2N2O3/c1-9-2-4-13(5-3-9)19-8-10(20-13)6-16-12(18)17-7-11(14)15/h9-11H,2-8H2,1H3,(H2,16,17,18)/t9?,10-,13?/m1/s1. The molecular weight excluding hydrogens is 270 g/mol. The molecule has 0 aromatic carbocycles. The molecule has 7 heteroatoms. The third-order valence-electron chi connectivity index (χ3n) is 3.86. The maximum Gasteiger partial charge on any atom is 0.315 e. The van der Waals surface area contributed by atoms with Gasteiger partial charge in [-0.1, -0.05) is 6.92 Å². The molecule has 1 aliphatic heterocycles. The number of nitrogens with one attached hydrogen (secondary N) is 2. The van der Waals surface area contributed by atoms with Gasteiger partial charge in [-0.3, -0.25) is 0 Å². The highest BCUT2D eigenvalue weighted by atomic mass is 19.3. The summed E-state index contributed by atoms with van der Waals surface area (Å²) in [4.78, 5) is 11.3. The molecule has 0 unspecified atom stereocenters. The molecule has 20 heavy (non-hydrogen) atoms. The summed E-state index contributed by atoms with van der Waals surface area (Å²) in [6.07, 6.45) is 1.16. The van der Waals surface area contributed by atoms with Crippen LogP contribution in [0.2, 0.25) is 0 Å². The molecule has 2 N–H and O–H groups in total. The lowest BCUT2D eigenvalue weighted by atomic mass is 9.86. The molecule has 1 atom stereocenters. The summed E-state index contributed by atoms with van der Waals surface area (Å²) in [5, 5.41) is 4.61. The Bertz CT molecular complexity index is 334. The van der Waals surface area contributed by atoms with E-state index in [-0.39, 0.29) is 12.6 Å². The lowest BCUT2D eigenvalue weighted by molar-refractivity contribution is -0.191. The van der Waals surface area contributed by atoms with E-state index in [9.17, 15) is 13.6 Å². The summed E-state index contributed by atoms with van der Waals surface area (Å²) in [5.74, 6) is 0.211. The molecule has 116 valence electrons. The Morgan fingerprint density at radius 2 is 2.05 bits per heavy atom. The number of carbonyl (C=O) groups excluding carboxylic acids is 1. The molecule has 1 heterocycles. The van der Waals surface area contributed by atoms with E-state index in [2.05, 4.69) is 17.6 Å². The number of amides is 2. The van der Waals surface area contributed by atoms with Gasteiger partial charge in [-0.25, -0.2) is 13.6 Å². The van der Waals surface area contributed by atoms with Crippen LogP contribution in [0.25, 0.3) is 0 Å². The Hall–Kier alpha value is -0.950. The van der Waals surface area contributed by atoms with Crippen molar-refractivity contribution in [1.82, 2.24) is 10.6 Å². The van der Waals surface area contributed by atoms with Crippen molar-refractivity contribution in [3.05, 3.63) is 0 Å². The van der Waals surface area contributed by atoms with Crippen molar-refractivity contribution in [2.75, 3.05) is 19.7 Å². The number of urea groups is 1. The molecule has 5 nitrogen and oxygen atoms in total. The molecule has 0 aromatic rings. The van der Waals surface area contributed by atoms with Crippen LogP contribution in [0, 0.1) is 5.92 Å². The fraction of sp³-hybridized carbons (Fsp3) is 0.923. The van der Waals surface area contributed by atoms with Crippen molar-refractivity contribution in [3.8, 4) is 0 Å². The van der Waals surface area contributed by atoms with Crippen molar-refractivity contribution in [1.29, 1.82) is 0 Å². The molecule has 2 rings (SSSR count). The van der Waals surface area contributed by atoms with E-state index < -0.39 is 24.8 Å². The van der Waals surface area contributed by atoms with Gasteiger partial charge < -0.3 is 20.1 Å². The van der Waals surface area contributed by atoms with Crippen molar-refractivity contribution < 1.29 is 23.0 Å². The van der Waals surface area contributed by atoms with E-state index in [1.54, 1.807) is 0 Å². The van der Waals surface area contributed by atoms with Crippen LogP contribution < -0.4 is 10.6 Å². The number of ether oxygens (including phenoxy) is 2. The molecular formula is C13H22F2N2O3. The number of halogens is 2. The van der Waals surface area contributed by atoms with Crippen molar-refractivity contribution in [3.63, 3.8) is 0 Å². The Labute approximate surface area is 117 Å². The van der Waals surface area contributed by atoms with Crippen LogP contribution in [0.4, 0.5) is 13.6 Å². The largest absolute Gasteiger partial charge is 0.347 e. The summed E-state index contributed by atoms with van der Waals surface area (Å²) in [6, 6.07) is -0.605. The van der Waals surface area contributed by atoms with Crippen molar-refractivity contribution in [2.45, 2.75) is 50.9 Å². The zero-order valence-corrected chi connectivity index (χ0v) is 11.7. The van der Waals surface area contributed by atoms with E-state index in [1.165, 1.54) is 0 Å². The molecule has 1 aliphatic carbocycles. The van der Waals surface area contributed by atoms with Crippen LogP contribution in [0.3, 0.4) is 0 Å². The van der Waals surface area contributed by atoms with Gasteiger partial charge in [0.2, 0.25) is 0 Å². The van der Waals surface area contributed by atoms with Crippen LogP contribution >= 0.6 is 0 Å². The van der Waals surface area contributed by atoms with E-state index >= 15 is 0 Å². The minimum Gasteiger partial charge on any atom is -0.347 e. The van der Waals surface area contributed by atoms with Crippen LogP contribution in [0.1, 0.15) is 32.6 Å². The van der Waals surface area contributed by atoms with Crippen LogP contribution in [-0.2, 0) is 9.47 Å². The van der Waals surface area contributed by atoms with Gasteiger partial charge in [-0.2, -0.15) is 0 Å². The van der Waals surface area contributed by atoms with Gasteiger partial charge in [0.05, 0.1) is 13.2 Å². The van der Waals surface area contributed by atoms with E-state index in [0.29, 0.717) is 12.5 Å². The first-order valence-electron chi connectivity index (χ1n) is 7.11. The van der Waals surface area contributed by atoms with Gasteiger partial charge in [-0.15, -0.1) is 0 Å². The number of hydrogen-bond donors (Lipinski definition) is 2. The second-order valence-electron chi connectivity index (χ2n) is 5.63. The summed E-state index contributed by atoms with van der Waals surface area (Å²) in [6.45, 7) is 2.28. The van der Waals surface area contributed by atoms with Gasteiger partial charge in [0, 0.05) is 19.4 Å². The maximum atomic E-state index is 11.9. The average molecular weight is 292 g/mol. The quantitative estimate of drug-likeness (QED) is 0.831. The Morgan fingerprint density at radius 1 is 1.35 bits per heavy atom. The first kappa shape index (κ1) is 15.4. The second-order valence-corrected chi connectivity index (χ2v) is 5.63. The smallest absolute Gasteiger partial charge is 0.315 e. The predicted octanol–water partition coefficient (Wildman–Crippen LogP) is 1.87. The van der Waals surface area contributed by atoms with Crippen LogP contribution in [0.5, 0.6) is 0 Å². The molecule has 0 bridgehead atoms. The lowest BCUT2D eigenvalue weighted by Crippen LogP contribution is -2.43.